The second-order valence-corrected chi connectivity index (χ2v) is 4.53. The zero-order valence-corrected chi connectivity index (χ0v) is 10.4. The Morgan fingerprint density at radius 3 is 2.60 bits per heavy atom. The first-order valence-corrected chi connectivity index (χ1v) is 5.38. The van der Waals surface area contributed by atoms with E-state index in [1.54, 1.807) is 18.0 Å². The fourth-order valence-corrected chi connectivity index (χ4v) is 1.37. The van der Waals surface area contributed by atoms with Gasteiger partial charge in [-0.05, 0) is 31.5 Å². The smallest absolute Gasteiger partial charge is 0.258 e. The maximum absolute atomic E-state index is 12.0. The van der Waals surface area contributed by atoms with Gasteiger partial charge in [0.05, 0.1) is 17.4 Å². The third-order valence-corrected chi connectivity index (χ3v) is 3.33. The van der Waals surface area contributed by atoms with Crippen molar-refractivity contribution in [2.24, 2.45) is 0 Å². The van der Waals surface area contributed by atoms with E-state index in [1.807, 2.05) is 13.8 Å². The van der Waals surface area contributed by atoms with Crippen LogP contribution >= 0.6 is 23.2 Å². The number of carbonyl (C=O) groups is 1. The van der Waals surface area contributed by atoms with Crippen LogP contribution in [0.1, 0.15) is 24.2 Å². The van der Waals surface area contributed by atoms with Gasteiger partial charge in [-0.2, -0.15) is 0 Å². The molecule has 84 valence electrons. The van der Waals surface area contributed by atoms with Crippen LogP contribution in [0.4, 0.5) is 0 Å². The number of carbonyl (C=O) groups excluding carboxylic acids is 1. The normalized spacial score (nSPS) is 11.5. The van der Waals surface area contributed by atoms with Crippen molar-refractivity contribution < 1.29 is 9.21 Å². The molecule has 0 aromatic carbocycles. The molecule has 5 heteroatoms. The molecule has 0 saturated carbocycles. The molecule has 0 saturated heterocycles. The molecule has 3 nitrogen and oxygen atoms in total. The summed E-state index contributed by atoms with van der Waals surface area (Å²) in [5.74, 6) is 0.157. The summed E-state index contributed by atoms with van der Waals surface area (Å²) in [6, 6.07) is 1.55. The lowest BCUT2D eigenvalue weighted by atomic mass is 10.1. The Balaban J connectivity index is 2.92. The van der Waals surface area contributed by atoms with Gasteiger partial charge >= 0.3 is 0 Å². The molecule has 1 amide bonds. The number of hydrogen-bond acceptors (Lipinski definition) is 2. The minimum Gasteiger partial charge on any atom is -0.452 e. The minimum absolute atomic E-state index is 0.109. The second kappa shape index (κ2) is 4.45. The van der Waals surface area contributed by atoms with Gasteiger partial charge in [0.1, 0.15) is 0 Å². The standard InChI is InChI=1S/C10H13Cl2NO2/c1-10(2,6-11)13(3)9(14)7-4-5-15-8(7)12/h4-5H,6H2,1-3H3. The molecule has 0 bridgehead atoms. The Hall–Kier alpha value is -0.670. The van der Waals surface area contributed by atoms with Gasteiger partial charge in [0, 0.05) is 12.9 Å². The Morgan fingerprint density at radius 1 is 1.60 bits per heavy atom. The summed E-state index contributed by atoms with van der Waals surface area (Å²) in [5.41, 5.74) is -0.0588. The van der Waals surface area contributed by atoms with Crippen molar-refractivity contribution in [1.29, 1.82) is 0 Å². The molecule has 1 aromatic rings. The van der Waals surface area contributed by atoms with Gasteiger partial charge in [0.25, 0.3) is 5.91 Å². The summed E-state index contributed by atoms with van der Waals surface area (Å²) in [5, 5.41) is 0.109. The molecule has 0 spiro atoms. The van der Waals surface area contributed by atoms with E-state index in [1.165, 1.54) is 6.26 Å². The van der Waals surface area contributed by atoms with Crippen LogP contribution in [-0.4, -0.2) is 29.3 Å². The minimum atomic E-state index is -0.417. The summed E-state index contributed by atoms with van der Waals surface area (Å²) in [6.45, 7) is 3.76. The molecule has 0 aliphatic heterocycles. The van der Waals surface area contributed by atoms with Gasteiger partial charge in [-0.25, -0.2) is 0 Å². The van der Waals surface area contributed by atoms with Crippen LogP contribution < -0.4 is 0 Å². The molecule has 0 aliphatic rings. The maximum atomic E-state index is 12.0. The van der Waals surface area contributed by atoms with Crippen molar-refractivity contribution in [3.63, 3.8) is 0 Å². The van der Waals surface area contributed by atoms with Crippen LogP contribution in [0, 0.1) is 0 Å². The number of rotatable bonds is 3. The molecule has 1 heterocycles. The summed E-state index contributed by atoms with van der Waals surface area (Å²) in [7, 11) is 1.69. The highest BCUT2D eigenvalue weighted by Crippen LogP contribution is 2.22. The number of alkyl halides is 1. The fraction of sp³-hybridized carbons (Fsp3) is 0.500. The number of nitrogens with zero attached hydrogens (tertiary/aromatic N) is 1. The van der Waals surface area contributed by atoms with Crippen molar-refractivity contribution in [1.82, 2.24) is 4.90 Å². The molecule has 15 heavy (non-hydrogen) atoms. The summed E-state index contributed by atoms with van der Waals surface area (Å²) >= 11 is 11.5. The van der Waals surface area contributed by atoms with Gasteiger partial charge in [-0.3, -0.25) is 4.79 Å². The van der Waals surface area contributed by atoms with Gasteiger partial charge < -0.3 is 9.32 Å². The quantitative estimate of drug-likeness (QED) is 0.772. The van der Waals surface area contributed by atoms with E-state index in [4.69, 9.17) is 27.6 Å². The van der Waals surface area contributed by atoms with E-state index < -0.39 is 5.54 Å². The predicted molar refractivity (Wildman–Crippen MR) is 60.6 cm³/mol. The molecule has 0 radical (unpaired) electrons. The van der Waals surface area contributed by atoms with Crippen LogP contribution in [0.2, 0.25) is 5.22 Å². The first-order chi connectivity index (χ1) is 6.90. The monoisotopic (exact) mass is 249 g/mol. The SMILES string of the molecule is CN(C(=O)c1ccoc1Cl)C(C)(C)CCl. The maximum Gasteiger partial charge on any atom is 0.258 e. The third kappa shape index (κ3) is 2.47. The van der Waals surface area contributed by atoms with Crippen LogP contribution in [0.3, 0.4) is 0 Å². The van der Waals surface area contributed by atoms with E-state index in [9.17, 15) is 4.79 Å². The largest absolute Gasteiger partial charge is 0.452 e. The van der Waals surface area contributed by atoms with Crippen molar-refractivity contribution in [2.75, 3.05) is 12.9 Å². The average Bonchev–Trinajstić information content (AvgIpc) is 2.62. The third-order valence-electron chi connectivity index (χ3n) is 2.39. The molecule has 0 atom stereocenters. The summed E-state index contributed by atoms with van der Waals surface area (Å²) in [6.07, 6.45) is 1.39. The van der Waals surface area contributed by atoms with Gasteiger partial charge in [0.2, 0.25) is 5.22 Å². The Kier molecular flexibility index (Phi) is 3.68. The van der Waals surface area contributed by atoms with Gasteiger partial charge in [0.15, 0.2) is 0 Å². The molecular weight excluding hydrogens is 237 g/mol. The first kappa shape index (κ1) is 12.4. The zero-order valence-electron chi connectivity index (χ0n) is 8.88. The van der Waals surface area contributed by atoms with Crippen LogP contribution in [-0.2, 0) is 0 Å². The van der Waals surface area contributed by atoms with Crippen molar-refractivity contribution in [3.05, 3.63) is 23.1 Å². The molecule has 0 aliphatic carbocycles. The molecule has 0 N–H and O–H groups in total. The molecule has 0 unspecified atom stereocenters. The molecular formula is C10H13Cl2NO2. The molecule has 1 aromatic heterocycles. The number of furan rings is 1. The Labute approximate surface area is 98.9 Å². The van der Waals surface area contributed by atoms with Gasteiger partial charge in [-0.15, -0.1) is 11.6 Å². The van der Waals surface area contributed by atoms with Crippen LogP contribution in [0.25, 0.3) is 0 Å². The summed E-state index contributed by atoms with van der Waals surface area (Å²) < 4.78 is 4.87. The molecule has 0 fully saturated rings. The first-order valence-electron chi connectivity index (χ1n) is 4.47. The molecule has 1 rings (SSSR count). The van der Waals surface area contributed by atoms with E-state index in [0.717, 1.165) is 0 Å². The van der Waals surface area contributed by atoms with Crippen molar-refractivity contribution in [3.8, 4) is 0 Å². The topological polar surface area (TPSA) is 33.5 Å². The highest BCUT2D eigenvalue weighted by atomic mass is 35.5. The lowest BCUT2D eigenvalue weighted by molar-refractivity contribution is 0.0660. The fourth-order valence-electron chi connectivity index (χ4n) is 0.991. The van der Waals surface area contributed by atoms with E-state index in [0.29, 0.717) is 11.4 Å². The number of amides is 1. The number of hydrogen-bond donors (Lipinski definition) is 0. The van der Waals surface area contributed by atoms with Crippen molar-refractivity contribution in [2.45, 2.75) is 19.4 Å². The Bertz CT molecular complexity index is 360. The highest BCUT2D eigenvalue weighted by Gasteiger charge is 2.29. The Morgan fingerprint density at radius 2 is 2.20 bits per heavy atom. The lowest BCUT2D eigenvalue weighted by Gasteiger charge is -2.33. The highest BCUT2D eigenvalue weighted by molar-refractivity contribution is 6.32. The predicted octanol–water partition coefficient (Wildman–Crippen LogP) is 3.02. The van der Waals surface area contributed by atoms with Crippen LogP contribution in [0.5, 0.6) is 0 Å². The van der Waals surface area contributed by atoms with E-state index in [2.05, 4.69) is 0 Å². The van der Waals surface area contributed by atoms with E-state index in [-0.39, 0.29) is 11.1 Å². The summed E-state index contributed by atoms with van der Waals surface area (Å²) in [4.78, 5) is 13.5. The van der Waals surface area contributed by atoms with E-state index >= 15 is 0 Å². The second-order valence-electron chi connectivity index (χ2n) is 3.92. The zero-order chi connectivity index (χ0) is 11.6. The van der Waals surface area contributed by atoms with Gasteiger partial charge in [-0.1, -0.05) is 0 Å². The number of halogens is 2. The lowest BCUT2D eigenvalue weighted by Crippen LogP contribution is -2.46. The van der Waals surface area contributed by atoms with Crippen LogP contribution in [0.15, 0.2) is 16.7 Å². The average molecular weight is 250 g/mol. The van der Waals surface area contributed by atoms with Crippen molar-refractivity contribution >= 4 is 29.1 Å².